The molecule has 0 aromatic heterocycles. The summed E-state index contributed by atoms with van der Waals surface area (Å²) >= 11 is 0. The number of allylic oxidation sites excluding steroid dienone is 2. The maximum absolute atomic E-state index is 14.2. The van der Waals surface area contributed by atoms with E-state index in [1.807, 2.05) is 6.08 Å². The van der Waals surface area contributed by atoms with Gasteiger partial charge < -0.3 is 9.84 Å². The van der Waals surface area contributed by atoms with Gasteiger partial charge in [-0.3, -0.25) is 19.2 Å². The average molecular weight is 515 g/mol. The van der Waals surface area contributed by atoms with Crippen molar-refractivity contribution in [2.75, 3.05) is 12.0 Å². The quantitative estimate of drug-likeness (QED) is 0.482. The zero-order chi connectivity index (χ0) is 26.9. The fourth-order valence-corrected chi connectivity index (χ4v) is 7.19. The Balaban J connectivity index is 1.52. The van der Waals surface area contributed by atoms with Crippen LogP contribution in [0.2, 0.25) is 0 Å². The molecule has 38 heavy (non-hydrogen) atoms. The largest absolute Gasteiger partial charge is 0.508 e. The summed E-state index contributed by atoms with van der Waals surface area (Å²) < 4.78 is 4.69. The zero-order valence-electron chi connectivity index (χ0n) is 20.9. The molecular formula is C29H26N2O7. The predicted molar refractivity (Wildman–Crippen MR) is 133 cm³/mol. The molecule has 2 heterocycles. The van der Waals surface area contributed by atoms with Gasteiger partial charge in [0.15, 0.2) is 0 Å². The van der Waals surface area contributed by atoms with Crippen LogP contribution in [0.15, 0.2) is 66.2 Å². The zero-order valence-corrected chi connectivity index (χ0v) is 20.9. The normalized spacial score (nSPS) is 32.1. The first-order chi connectivity index (χ1) is 18.2. The topological polar surface area (TPSA) is 121 Å². The number of carbonyl (C=O) groups excluding carboxylic acids is 5. The summed E-state index contributed by atoms with van der Waals surface area (Å²) in [5, 5.41) is 10.9. The minimum absolute atomic E-state index is 0.0235. The summed E-state index contributed by atoms with van der Waals surface area (Å²) in [6, 6.07) is 15.4. The first-order valence-corrected chi connectivity index (χ1v) is 12.6. The average Bonchev–Trinajstić information content (AvgIpc) is 3.29. The van der Waals surface area contributed by atoms with E-state index in [0.29, 0.717) is 16.2 Å². The number of anilines is 1. The Hall–Kier alpha value is -4.27. The van der Waals surface area contributed by atoms with Crippen LogP contribution in [0.4, 0.5) is 10.5 Å². The number of rotatable bonds is 2. The van der Waals surface area contributed by atoms with E-state index in [4.69, 9.17) is 4.74 Å². The van der Waals surface area contributed by atoms with E-state index in [1.165, 1.54) is 11.0 Å². The third kappa shape index (κ3) is 3.01. The molecule has 0 radical (unpaired) electrons. The van der Waals surface area contributed by atoms with Gasteiger partial charge in [0.25, 0.3) is 0 Å². The van der Waals surface area contributed by atoms with Gasteiger partial charge in [0.05, 0.1) is 36.0 Å². The van der Waals surface area contributed by atoms with Gasteiger partial charge >= 0.3 is 6.09 Å². The molecule has 1 N–H and O–H groups in total. The molecule has 4 aliphatic rings. The number of phenols is 1. The molecule has 9 nitrogen and oxygen atoms in total. The van der Waals surface area contributed by atoms with Crippen LogP contribution in [-0.2, 0) is 23.9 Å². The lowest BCUT2D eigenvalue weighted by Crippen LogP contribution is -2.49. The van der Waals surface area contributed by atoms with Gasteiger partial charge in [0.2, 0.25) is 23.6 Å². The minimum Gasteiger partial charge on any atom is -0.508 e. The number of benzene rings is 2. The summed E-state index contributed by atoms with van der Waals surface area (Å²) in [5.41, 5.74) is 0.421. The summed E-state index contributed by atoms with van der Waals surface area (Å²) in [6.07, 6.45) is 1.19. The van der Waals surface area contributed by atoms with Gasteiger partial charge in [-0.15, -0.1) is 0 Å². The SMILES string of the molecule is COC(=O)N1C(=O)C2CC=C3C(CC4C(=O)N(c5ccccc5)C(=O)C4(C)C3c3ccccc3O)C2C1=O. The summed E-state index contributed by atoms with van der Waals surface area (Å²) in [4.78, 5) is 68.7. The Morgan fingerprint density at radius 2 is 1.63 bits per heavy atom. The maximum atomic E-state index is 14.2. The van der Waals surface area contributed by atoms with Gasteiger partial charge in [0, 0.05) is 11.5 Å². The molecule has 3 fully saturated rings. The Kier molecular flexibility index (Phi) is 5.31. The van der Waals surface area contributed by atoms with E-state index >= 15 is 0 Å². The number of methoxy groups -OCH3 is 1. The highest BCUT2D eigenvalue weighted by Crippen LogP contribution is 2.64. The highest BCUT2D eigenvalue weighted by Gasteiger charge is 2.68. The molecule has 0 spiro atoms. The number of para-hydroxylation sites is 2. The standard InChI is InChI=1S/C29H26N2O7/c1-29-20(25(34)30(27(29)36)15-8-4-3-5-9-15)14-19-16(23(29)17-10-6-7-11-21(17)32)12-13-18-22(19)26(35)31(24(18)33)28(37)38-2/h3-12,18-20,22-23,32H,13-14H2,1-2H3. The molecule has 2 aromatic rings. The fraction of sp³-hybridized carbons (Fsp3) is 0.345. The number of hydrogen-bond donors (Lipinski definition) is 1. The van der Waals surface area contributed by atoms with Gasteiger partial charge in [-0.25, -0.2) is 9.69 Å². The Morgan fingerprint density at radius 1 is 0.947 bits per heavy atom. The molecule has 2 aromatic carbocycles. The lowest BCUT2D eigenvalue weighted by molar-refractivity contribution is -0.138. The second-order valence-electron chi connectivity index (χ2n) is 10.5. The van der Waals surface area contributed by atoms with Crippen molar-refractivity contribution in [1.82, 2.24) is 4.90 Å². The van der Waals surface area contributed by atoms with Gasteiger partial charge in [0.1, 0.15) is 5.75 Å². The third-order valence-electron chi connectivity index (χ3n) is 8.89. The number of amides is 5. The molecule has 2 aliphatic carbocycles. The van der Waals surface area contributed by atoms with Crippen molar-refractivity contribution in [2.45, 2.75) is 25.7 Å². The predicted octanol–water partition coefficient (Wildman–Crippen LogP) is 3.39. The minimum atomic E-state index is -1.24. The number of fused-ring (bicyclic) bond motifs is 4. The van der Waals surface area contributed by atoms with Gasteiger partial charge in [-0.1, -0.05) is 48.0 Å². The second kappa shape index (κ2) is 8.37. The van der Waals surface area contributed by atoms with Crippen LogP contribution in [-0.4, -0.2) is 46.8 Å². The number of ether oxygens (including phenoxy) is 1. The highest BCUT2D eigenvalue weighted by atomic mass is 16.5. The van der Waals surface area contributed by atoms with Crippen LogP contribution in [0, 0.1) is 29.1 Å². The van der Waals surface area contributed by atoms with Crippen LogP contribution in [0.25, 0.3) is 0 Å². The lowest BCUT2D eigenvalue weighted by atomic mass is 9.51. The molecule has 5 amide bonds. The van der Waals surface area contributed by atoms with Crippen LogP contribution < -0.4 is 4.90 Å². The molecule has 194 valence electrons. The Bertz CT molecular complexity index is 1430. The van der Waals surface area contributed by atoms with E-state index < -0.39 is 52.9 Å². The van der Waals surface area contributed by atoms with E-state index in [1.54, 1.807) is 55.5 Å². The number of aromatic hydroxyl groups is 1. The highest BCUT2D eigenvalue weighted by molar-refractivity contribution is 6.24. The summed E-state index contributed by atoms with van der Waals surface area (Å²) in [7, 11) is 1.11. The van der Waals surface area contributed by atoms with E-state index in [-0.39, 0.29) is 30.4 Å². The van der Waals surface area contributed by atoms with E-state index in [0.717, 1.165) is 12.7 Å². The Morgan fingerprint density at radius 3 is 2.32 bits per heavy atom. The number of carbonyl (C=O) groups is 5. The van der Waals surface area contributed by atoms with Gasteiger partial charge in [-0.2, -0.15) is 4.90 Å². The molecule has 2 aliphatic heterocycles. The van der Waals surface area contributed by atoms with E-state index in [2.05, 4.69) is 0 Å². The van der Waals surface area contributed by atoms with Crippen molar-refractivity contribution in [3.8, 4) is 5.75 Å². The number of imide groups is 4. The van der Waals surface area contributed by atoms with Crippen molar-refractivity contribution in [3.63, 3.8) is 0 Å². The molecule has 2 saturated heterocycles. The van der Waals surface area contributed by atoms with Crippen LogP contribution in [0.5, 0.6) is 5.75 Å². The first-order valence-electron chi connectivity index (χ1n) is 12.6. The van der Waals surface area contributed by atoms with Gasteiger partial charge in [-0.05, 0) is 43.9 Å². The fourth-order valence-electron chi connectivity index (χ4n) is 7.19. The van der Waals surface area contributed by atoms with Crippen LogP contribution in [0.1, 0.15) is 31.2 Å². The molecular weight excluding hydrogens is 488 g/mol. The number of phenolic OH excluding ortho intramolecular Hbond substituents is 1. The third-order valence-corrected chi connectivity index (χ3v) is 8.89. The molecule has 9 heteroatoms. The van der Waals surface area contributed by atoms with Crippen molar-refractivity contribution in [3.05, 3.63) is 71.8 Å². The molecule has 0 bridgehead atoms. The van der Waals surface area contributed by atoms with E-state index in [9.17, 15) is 29.1 Å². The van der Waals surface area contributed by atoms with Crippen molar-refractivity contribution in [2.24, 2.45) is 29.1 Å². The molecule has 6 atom stereocenters. The first kappa shape index (κ1) is 24.1. The summed E-state index contributed by atoms with van der Waals surface area (Å²) in [6.45, 7) is 1.75. The maximum Gasteiger partial charge on any atom is 0.423 e. The number of likely N-dealkylation sites (tertiary alicyclic amines) is 1. The van der Waals surface area contributed by atoms with Crippen LogP contribution >= 0.6 is 0 Å². The van der Waals surface area contributed by atoms with Crippen molar-refractivity contribution < 1.29 is 33.8 Å². The smallest absolute Gasteiger partial charge is 0.423 e. The Labute approximate surface area is 218 Å². The molecule has 6 rings (SSSR count). The molecule has 6 unspecified atom stereocenters. The van der Waals surface area contributed by atoms with Crippen LogP contribution in [0.3, 0.4) is 0 Å². The number of hydrogen-bond acceptors (Lipinski definition) is 7. The van der Waals surface area contributed by atoms with Crippen molar-refractivity contribution in [1.29, 1.82) is 0 Å². The summed E-state index contributed by atoms with van der Waals surface area (Å²) in [5.74, 6) is -5.78. The second-order valence-corrected chi connectivity index (χ2v) is 10.5. The van der Waals surface area contributed by atoms with Crippen molar-refractivity contribution >= 4 is 35.4 Å². The lowest BCUT2D eigenvalue weighted by Gasteiger charge is -2.49. The monoisotopic (exact) mass is 514 g/mol. The number of nitrogens with zero attached hydrogens (tertiary/aromatic N) is 2. The molecule has 1 saturated carbocycles.